The summed E-state index contributed by atoms with van der Waals surface area (Å²) in [5.74, 6) is 1.36. The highest BCUT2D eigenvalue weighted by Gasteiger charge is 2.08. The van der Waals surface area contributed by atoms with Crippen LogP contribution < -0.4 is 10.9 Å². The fraction of sp³-hybridized carbons (Fsp3) is 0.263. The highest BCUT2D eigenvalue weighted by atomic mass is 16.1. The lowest BCUT2D eigenvalue weighted by molar-refractivity contribution is 0.799. The number of rotatable bonds is 5. The SMILES string of the molecule is CCc1cc(NCc2ccc(C)n(C)c2=O)nc(-c2ccncc2)n1. The normalized spacial score (nSPS) is 10.7. The lowest BCUT2D eigenvalue weighted by Crippen LogP contribution is -2.24. The van der Waals surface area contributed by atoms with Crippen molar-refractivity contribution in [1.82, 2.24) is 19.5 Å². The van der Waals surface area contributed by atoms with Gasteiger partial charge in [-0.25, -0.2) is 9.97 Å². The summed E-state index contributed by atoms with van der Waals surface area (Å²) >= 11 is 0. The maximum atomic E-state index is 12.3. The first-order valence-corrected chi connectivity index (χ1v) is 8.26. The number of hydrogen-bond acceptors (Lipinski definition) is 5. The van der Waals surface area contributed by atoms with Crippen LogP contribution in [0.4, 0.5) is 5.82 Å². The second-order valence-electron chi connectivity index (χ2n) is 5.88. The summed E-state index contributed by atoms with van der Waals surface area (Å²) in [6, 6.07) is 9.49. The van der Waals surface area contributed by atoms with E-state index in [0.29, 0.717) is 23.8 Å². The molecule has 0 unspecified atom stereocenters. The molecule has 0 radical (unpaired) electrons. The number of anilines is 1. The van der Waals surface area contributed by atoms with Crippen LogP contribution in [0.5, 0.6) is 0 Å². The van der Waals surface area contributed by atoms with Gasteiger partial charge in [0, 0.05) is 54.6 Å². The second-order valence-corrected chi connectivity index (χ2v) is 5.88. The summed E-state index contributed by atoms with van der Waals surface area (Å²) in [6.07, 6.45) is 4.25. The van der Waals surface area contributed by atoms with Crippen molar-refractivity contribution in [3.05, 3.63) is 70.0 Å². The Labute approximate surface area is 146 Å². The number of hydrogen-bond donors (Lipinski definition) is 1. The third-order valence-corrected chi connectivity index (χ3v) is 4.17. The maximum Gasteiger partial charge on any atom is 0.255 e. The fourth-order valence-electron chi connectivity index (χ4n) is 2.50. The standard InChI is InChI=1S/C19H21N5O/c1-4-16-11-17(23-18(22-16)14-7-9-20-10-8-14)21-12-15-6-5-13(2)24(3)19(15)25/h5-11H,4,12H2,1-3H3,(H,21,22,23). The van der Waals surface area contributed by atoms with E-state index in [-0.39, 0.29) is 5.56 Å². The number of nitrogens with zero attached hydrogens (tertiary/aromatic N) is 4. The van der Waals surface area contributed by atoms with E-state index in [0.717, 1.165) is 23.4 Å². The smallest absolute Gasteiger partial charge is 0.255 e. The van der Waals surface area contributed by atoms with Gasteiger partial charge in [0.15, 0.2) is 5.82 Å². The fourth-order valence-corrected chi connectivity index (χ4v) is 2.50. The third kappa shape index (κ3) is 3.74. The van der Waals surface area contributed by atoms with Crippen LogP contribution in [0.1, 0.15) is 23.9 Å². The van der Waals surface area contributed by atoms with Gasteiger partial charge in [-0.15, -0.1) is 0 Å². The van der Waals surface area contributed by atoms with E-state index in [1.807, 2.05) is 37.3 Å². The summed E-state index contributed by atoms with van der Waals surface area (Å²) in [4.78, 5) is 25.5. The van der Waals surface area contributed by atoms with Crippen LogP contribution in [0, 0.1) is 6.92 Å². The highest BCUT2D eigenvalue weighted by Crippen LogP contribution is 2.18. The third-order valence-electron chi connectivity index (χ3n) is 4.17. The first-order valence-electron chi connectivity index (χ1n) is 8.26. The molecule has 0 saturated carbocycles. The first-order chi connectivity index (χ1) is 12.1. The van der Waals surface area contributed by atoms with Crippen LogP contribution in [0.3, 0.4) is 0 Å². The molecule has 0 aliphatic rings. The molecule has 6 heteroatoms. The van der Waals surface area contributed by atoms with Crippen molar-refractivity contribution in [2.24, 2.45) is 7.05 Å². The minimum atomic E-state index is 0.00614. The lowest BCUT2D eigenvalue weighted by Gasteiger charge is -2.11. The van der Waals surface area contributed by atoms with Crippen LogP contribution >= 0.6 is 0 Å². The van der Waals surface area contributed by atoms with Crippen LogP contribution in [0.2, 0.25) is 0 Å². The molecular weight excluding hydrogens is 314 g/mol. The van der Waals surface area contributed by atoms with Gasteiger partial charge in [0.25, 0.3) is 5.56 Å². The number of aromatic nitrogens is 4. The Morgan fingerprint density at radius 3 is 2.60 bits per heavy atom. The van der Waals surface area contributed by atoms with E-state index in [9.17, 15) is 4.79 Å². The van der Waals surface area contributed by atoms with Gasteiger partial charge >= 0.3 is 0 Å². The average molecular weight is 335 g/mol. The Hall–Kier alpha value is -3.02. The van der Waals surface area contributed by atoms with Crippen molar-refractivity contribution in [3.63, 3.8) is 0 Å². The van der Waals surface area contributed by atoms with Gasteiger partial charge in [-0.2, -0.15) is 0 Å². The molecule has 1 N–H and O–H groups in total. The van der Waals surface area contributed by atoms with Crippen molar-refractivity contribution < 1.29 is 0 Å². The molecule has 0 amide bonds. The number of aryl methyl sites for hydroxylation is 2. The Bertz CT molecular complexity index is 934. The molecule has 0 spiro atoms. The number of nitrogens with one attached hydrogen (secondary N) is 1. The van der Waals surface area contributed by atoms with Gasteiger partial charge in [0.1, 0.15) is 5.82 Å². The molecule has 0 saturated heterocycles. The van der Waals surface area contributed by atoms with Crippen molar-refractivity contribution in [1.29, 1.82) is 0 Å². The highest BCUT2D eigenvalue weighted by molar-refractivity contribution is 5.56. The summed E-state index contributed by atoms with van der Waals surface area (Å²) < 4.78 is 1.65. The van der Waals surface area contributed by atoms with Gasteiger partial charge in [0.2, 0.25) is 0 Å². The van der Waals surface area contributed by atoms with Crippen LogP contribution in [0.25, 0.3) is 11.4 Å². The molecule has 0 bridgehead atoms. The molecular formula is C19H21N5O. The summed E-state index contributed by atoms with van der Waals surface area (Å²) in [7, 11) is 1.78. The molecule has 0 aliphatic carbocycles. The molecule has 3 rings (SSSR count). The van der Waals surface area contributed by atoms with E-state index in [1.165, 1.54) is 0 Å². The molecule has 6 nitrogen and oxygen atoms in total. The Morgan fingerprint density at radius 2 is 1.88 bits per heavy atom. The van der Waals surface area contributed by atoms with Gasteiger partial charge < -0.3 is 9.88 Å². The Balaban J connectivity index is 1.88. The lowest BCUT2D eigenvalue weighted by atomic mass is 10.2. The summed E-state index contributed by atoms with van der Waals surface area (Å²) in [6.45, 7) is 4.39. The quantitative estimate of drug-likeness (QED) is 0.776. The molecule has 3 aromatic rings. The van der Waals surface area contributed by atoms with Crippen LogP contribution in [0.15, 0.2) is 47.5 Å². The molecule has 25 heavy (non-hydrogen) atoms. The van der Waals surface area contributed by atoms with Gasteiger partial charge in [-0.05, 0) is 31.5 Å². The van der Waals surface area contributed by atoms with Gasteiger partial charge in [-0.3, -0.25) is 9.78 Å². The minimum absolute atomic E-state index is 0.00614. The van der Waals surface area contributed by atoms with Crippen molar-refractivity contribution in [2.45, 2.75) is 26.8 Å². The van der Waals surface area contributed by atoms with Gasteiger partial charge in [0.05, 0.1) is 0 Å². The zero-order valence-corrected chi connectivity index (χ0v) is 14.7. The van der Waals surface area contributed by atoms with E-state index >= 15 is 0 Å². The predicted molar refractivity (Wildman–Crippen MR) is 98.4 cm³/mol. The maximum absolute atomic E-state index is 12.3. The molecule has 0 aliphatic heterocycles. The predicted octanol–water partition coefficient (Wildman–Crippen LogP) is 2.72. The molecule has 128 valence electrons. The van der Waals surface area contributed by atoms with E-state index < -0.39 is 0 Å². The van der Waals surface area contributed by atoms with Crippen LogP contribution in [-0.2, 0) is 20.0 Å². The molecule has 3 aromatic heterocycles. The Morgan fingerprint density at radius 1 is 1.12 bits per heavy atom. The van der Waals surface area contributed by atoms with Crippen molar-refractivity contribution >= 4 is 5.82 Å². The van der Waals surface area contributed by atoms with Gasteiger partial charge in [-0.1, -0.05) is 13.0 Å². The van der Waals surface area contributed by atoms with E-state index in [2.05, 4.69) is 27.2 Å². The Kier molecular flexibility index (Phi) is 4.88. The molecule has 0 fully saturated rings. The second kappa shape index (κ2) is 7.25. The minimum Gasteiger partial charge on any atom is -0.366 e. The zero-order chi connectivity index (χ0) is 17.8. The van der Waals surface area contributed by atoms with Crippen molar-refractivity contribution in [2.75, 3.05) is 5.32 Å². The molecule has 0 aromatic carbocycles. The average Bonchev–Trinajstić information content (AvgIpc) is 2.66. The first kappa shape index (κ1) is 16.8. The van der Waals surface area contributed by atoms with Crippen LogP contribution in [-0.4, -0.2) is 19.5 Å². The largest absolute Gasteiger partial charge is 0.366 e. The summed E-state index contributed by atoms with van der Waals surface area (Å²) in [5.41, 5.74) is 3.51. The monoisotopic (exact) mass is 335 g/mol. The van der Waals surface area contributed by atoms with E-state index in [4.69, 9.17) is 0 Å². The van der Waals surface area contributed by atoms with E-state index in [1.54, 1.807) is 24.0 Å². The van der Waals surface area contributed by atoms with Crippen molar-refractivity contribution in [3.8, 4) is 11.4 Å². The molecule has 3 heterocycles. The number of pyridine rings is 2. The topological polar surface area (TPSA) is 72.7 Å². The zero-order valence-electron chi connectivity index (χ0n) is 14.7. The summed E-state index contributed by atoms with van der Waals surface area (Å²) in [5, 5.41) is 3.25. The molecule has 0 atom stereocenters.